The number of hydrogen-bond acceptors (Lipinski definition) is 12. The third-order valence-electron chi connectivity index (χ3n) is 7.96. The van der Waals surface area contributed by atoms with Crippen LogP contribution >= 0.6 is 0 Å². The summed E-state index contributed by atoms with van der Waals surface area (Å²) in [6.45, 7) is 2.72. The summed E-state index contributed by atoms with van der Waals surface area (Å²) < 4.78 is 1.71. The highest BCUT2D eigenvalue weighted by Gasteiger charge is 2.45. The largest absolute Gasteiger partial charge is 0.390 e. The number of carbonyl (C=O) groups is 1. The van der Waals surface area contributed by atoms with Crippen LogP contribution in [0.1, 0.15) is 37.0 Å². The van der Waals surface area contributed by atoms with E-state index in [1.165, 1.54) is 17.3 Å². The summed E-state index contributed by atoms with van der Waals surface area (Å²) in [6, 6.07) is -1.23. The van der Waals surface area contributed by atoms with Crippen molar-refractivity contribution >= 4 is 29.0 Å². The fourth-order valence-corrected chi connectivity index (χ4v) is 5.87. The molecule has 2 amide bonds. The lowest BCUT2D eigenvalue weighted by molar-refractivity contribution is 0.00491. The summed E-state index contributed by atoms with van der Waals surface area (Å²) in [5.74, 6) is 0.619. The standard InChI is InChI=1S/C23H34N12O4/c1-32-4-2-12(8-32)27-23(39)28-13-3-5-33(9-13)22-29-20(24)17-21(30-22)34(11-25-17)15-6-16(19(38)18(15)37)35-26-7-14(10-36)31-35/h7,11-13,15-16,18-19,36-38H,2-6,8-10H2,1H3,(H2,24,29,30)(H2,27,28,39)/t12-,13-,15-,16+,18+,19-/m1/s1. The quantitative estimate of drug-likeness (QED) is 0.199. The summed E-state index contributed by atoms with van der Waals surface area (Å²) in [6.07, 6.45) is 2.69. The lowest BCUT2D eigenvalue weighted by Crippen LogP contribution is -2.47. The van der Waals surface area contributed by atoms with Crippen LogP contribution in [0.4, 0.5) is 16.6 Å². The molecule has 0 bridgehead atoms. The molecule has 39 heavy (non-hydrogen) atoms. The lowest BCUT2D eigenvalue weighted by atomic mass is 10.2. The van der Waals surface area contributed by atoms with Crippen LogP contribution in [0.15, 0.2) is 12.5 Å². The number of anilines is 2. The molecule has 16 heteroatoms. The molecular formula is C23H34N12O4. The Kier molecular flexibility index (Phi) is 6.70. The number of aromatic nitrogens is 7. The van der Waals surface area contributed by atoms with Crippen LogP contribution in [0.2, 0.25) is 0 Å². The van der Waals surface area contributed by atoms with Crippen molar-refractivity contribution in [3.8, 4) is 0 Å². The van der Waals surface area contributed by atoms with Gasteiger partial charge in [-0.3, -0.25) is 0 Å². The SMILES string of the molecule is CN1CC[C@@H](NC(=O)N[C@@H]2CCN(c3nc(N)c4ncn([C@@H]5C[C@H](n6ncc(CO)n6)[C@@H](O)[C@H]5O)c4n3)C2)C1. The first-order valence-corrected chi connectivity index (χ1v) is 13.2. The zero-order chi connectivity index (χ0) is 27.3. The number of aliphatic hydroxyl groups excluding tert-OH is 3. The Morgan fingerprint density at radius 1 is 1.10 bits per heavy atom. The topological polar surface area (TPSA) is 209 Å². The van der Waals surface area contributed by atoms with Gasteiger partial charge in [-0.2, -0.15) is 25.0 Å². The highest BCUT2D eigenvalue weighted by molar-refractivity contribution is 5.83. The number of aliphatic hydroxyl groups is 3. The first-order valence-electron chi connectivity index (χ1n) is 13.2. The van der Waals surface area contributed by atoms with E-state index in [2.05, 4.69) is 35.7 Å². The summed E-state index contributed by atoms with van der Waals surface area (Å²) in [5.41, 5.74) is 7.48. The van der Waals surface area contributed by atoms with E-state index in [0.717, 1.165) is 25.9 Å². The van der Waals surface area contributed by atoms with Gasteiger partial charge in [0.1, 0.15) is 29.5 Å². The van der Waals surface area contributed by atoms with Gasteiger partial charge in [0.05, 0.1) is 25.2 Å². The predicted molar refractivity (Wildman–Crippen MR) is 139 cm³/mol. The number of hydrogen-bond donors (Lipinski definition) is 6. The third-order valence-corrected chi connectivity index (χ3v) is 7.96. The molecule has 1 saturated carbocycles. The average Bonchev–Trinajstić information content (AvgIpc) is 3.73. The van der Waals surface area contributed by atoms with E-state index < -0.39 is 24.3 Å². The lowest BCUT2D eigenvalue weighted by Gasteiger charge is -2.20. The molecule has 210 valence electrons. The number of nitrogens with two attached hydrogens (primary N) is 1. The van der Waals surface area contributed by atoms with E-state index in [0.29, 0.717) is 42.3 Å². The molecule has 6 atom stereocenters. The predicted octanol–water partition coefficient (Wildman–Crippen LogP) is -2.02. The van der Waals surface area contributed by atoms with Crippen LogP contribution in [0.3, 0.4) is 0 Å². The van der Waals surface area contributed by atoms with Crippen molar-refractivity contribution in [2.75, 3.05) is 43.9 Å². The second-order valence-electron chi connectivity index (χ2n) is 10.7. The summed E-state index contributed by atoms with van der Waals surface area (Å²) in [5, 5.41) is 45.4. The van der Waals surface area contributed by atoms with Gasteiger partial charge in [0.15, 0.2) is 11.5 Å². The Morgan fingerprint density at radius 3 is 2.56 bits per heavy atom. The first kappa shape index (κ1) is 25.7. The second kappa shape index (κ2) is 10.2. The molecule has 2 aliphatic heterocycles. The number of likely N-dealkylation sites (tertiary alicyclic amines) is 1. The monoisotopic (exact) mass is 542 g/mol. The van der Waals surface area contributed by atoms with Crippen molar-refractivity contribution in [1.29, 1.82) is 0 Å². The molecule has 7 N–H and O–H groups in total. The number of nitrogens with one attached hydrogen (secondary N) is 2. The van der Waals surface area contributed by atoms with Crippen LogP contribution < -0.4 is 21.3 Å². The summed E-state index contributed by atoms with van der Waals surface area (Å²) >= 11 is 0. The number of carbonyl (C=O) groups excluding carboxylic acids is 1. The Bertz CT molecular complexity index is 1350. The number of imidazole rings is 1. The number of fused-ring (bicyclic) bond motifs is 1. The number of likely N-dealkylation sites (N-methyl/N-ethyl adjacent to an activating group) is 1. The molecule has 3 fully saturated rings. The summed E-state index contributed by atoms with van der Waals surface area (Å²) in [7, 11) is 2.04. The molecule has 3 aliphatic rings. The molecule has 2 saturated heterocycles. The van der Waals surface area contributed by atoms with Crippen LogP contribution in [0.25, 0.3) is 11.2 Å². The maximum Gasteiger partial charge on any atom is 0.315 e. The smallest absolute Gasteiger partial charge is 0.315 e. The highest BCUT2D eigenvalue weighted by Crippen LogP contribution is 2.39. The molecule has 0 aromatic carbocycles. The Balaban J connectivity index is 1.17. The van der Waals surface area contributed by atoms with Crippen molar-refractivity contribution in [2.45, 2.75) is 62.2 Å². The number of nitrogen functional groups attached to an aromatic ring is 1. The zero-order valence-corrected chi connectivity index (χ0v) is 21.6. The molecule has 3 aromatic rings. The number of amides is 2. The minimum Gasteiger partial charge on any atom is -0.390 e. The van der Waals surface area contributed by atoms with E-state index >= 15 is 0 Å². The second-order valence-corrected chi connectivity index (χ2v) is 10.7. The Morgan fingerprint density at radius 2 is 1.85 bits per heavy atom. The van der Waals surface area contributed by atoms with Crippen LogP contribution in [-0.4, -0.2) is 118 Å². The van der Waals surface area contributed by atoms with Gasteiger partial charge >= 0.3 is 6.03 Å². The molecule has 0 radical (unpaired) electrons. The van der Waals surface area contributed by atoms with Gasteiger partial charge in [0, 0.05) is 31.7 Å². The summed E-state index contributed by atoms with van der Waals surface area (Å²) in [4.78, 5) is 31.6. The fraction of sp³-hybridized carbons (Fsp3) is 0.652. The molecule has 5 heterocycles. The van der Waals surface area contributed by atoms with E-state index in [-0.39, 0.29) is 30.5 Å². The van der Waals surface area contributed by atoms with Crippen molar-refractivity contribution in [1.82, 2.24) is 50.0 Å². The number of nitrogens with zero attached hydrogens (tertiary/aromatic N) is 9. The zero-order valence-electron chi connectivity index (χ0n) is 21.6. The Labute approximate surface area is 223 Å². The minimum absolute atomic E-state index is 0.0625. The van der Waals surface area contributed by atoms with Gasteiger partial charge in [-0.15, -0.1) is 0 Å². The van der Waals surface area contributed by atoms with Crippen LogP contribution in [0.5, 0.6) is 0 Å². The van der Waals surface area contributed by atoms with E-state index in [4.69, 9.17) is 10.7 Å². The van der Waals surface area contributed by atoms with Crippen LogP contribution in [-0.2, 0) is 6.61 Å². The van der Waals surface area contributed by atoms with Gasteiger partial charge in [-0.1, -0.05) is 0 Å². The first-order chi connectivity index (χ1) is 18.8. The van der Waals surface area contributed by atoms with Gasteiger partial charge < -0.3 is 46.1 Å². The van der Waals surface area contributed by atoms with Crippen molar-refractivity contribution in [3.63, 3.8) is 0 Å². The van der Waals surface area contributed by atoms with E-state index in [1.807, 2.05) is 11.9 Å². The van der Waals surface area contributed by atoms with E-state index in [1.54, 1.807) is 4.57 Å². The van der Waals surface area contributed by atoms with Gasteiger partial charge in [0.25, 0.3) is 0 Å². The Hall–Kier alpha value is -3.60. The highest BCUT2D eigenvalue weighted by atomic mass is 16.3. The number of rotatable bonds is 6. The van der Waals surface area contributed by atoms with E-state index in [9.17, 15) is 20.1 Å². The maximum atomic E-state index is 12.5. The van der Waals surface area contributed by atoms with Gasteiger partial charge in [-0.25, -0.2) is 9.78 Å². The minimum atomic E-state index is -1.13. The molecular weight excluding hydrogens is 508 g/mol. The molecule has 0 unspecified atom stereocenters. The fourth-order valence-electron chi connectivity index (χ4n) is 5.87. The molecule has 0 spiro atoms. The molecule has 3 aromatic heterocycles. The van der Waals surface area contributed by atoms with Crippen molar-refractivity contribution in [3.05, 3.63) is 18.2 Å². The average molecular weight is 543 g/mol. The molecule has 16 nitrogen and oxygen atoms in total. The van der Waals surface area contributed by atoms with Gasteiger partial charge in [-0.05, 0) is 32.9 Å². The van der Waals surface area contributed by atoms with Crippen molar-refractivity contribution < 1.29 is 20.1 Å². The van der Waals surface area contributed by atoms with Crippen molar-refractivity contribution in [2.24, 2.45) is 0 Å². The normalized spacial score (nSPS) is 29.5. The molecule has 1 aliphatic carbocycles. The third kappa shape index (κ3) is 4.84. The van der Waals surface area contributed by atoms with Crippen LogP contribution in [0, 0.1) is 0 Å². The number of urea groups is 1. The molecule has 6 rings (SSSR count). The van der Waals surface area contributed by atoms with Gasteiger partial charge in [0.2, 0.25) is 5.95 Å². The maximum absolute atomic E-state index is 12.5.